The molecular formula is C29H24O5. The van der Waals surface area contributed by atoms with Crippen molar-refractivity contribution < 1.29 is 25.2 Å². The maximum absolute atomic E-state index is 11.6. The smallest absolute Gasteiger partial charge is 0.150 e. The lowest BCUT2D eigenvalue weighted by Crippen LogP contribution is -2.01. The molecule has 1 aliphatic carbocycles. The number of fused-ring (bicyclic) bond motifs is 8. The number of benzene rings is 4. The summed E-state index contributed by atoms with van der Waals surface area (Å²) in [7, 11) is 0. The Labute approximate surface area is 197 Å². The highest BCUT2D eigenvalue weighted by molar-refractivity contribution is 5.77. The third-order valence-corrected chi connectivity index (χ3v) is 6.56. The van der Waals surface area contributed by atoms with Crippen LogP contribution in [0.25, 0.3) is 0 Å². The van der Waals surface area contributed by atoms with Gasteiger partial charge in [-0.25, -0.2) is 0 Å². The van der Waals surface area contributed by atoms with Crippen LogP contribution in [0.2, 0.25) is 0 Å². The molecule has 4 N–H and O–H groups in total. The number of phenols is 4. The SMILES string of the molecule is O=Cc1cc2c(O)c(c1)Cc1cccc(c1O)Cc1cccc(c1O)Cc1cccc(c1O)C2. The van der Waals surface area contributed by atoms with E-state index in [1.54, 1.807) is 36.4 Å². The molecule has 170 valence electrons. The van der Waals surface area contributed by atoms with E-state index < -0.39 is 0 Å². The number of rotatable bonds is 1. The van der Waals surface area contributed by atoms with Gasteiger partial charge < -0.3 is 20.4 Å². The van der Waals surface area contributed by atoms with E-state index in [9.17, 15) is 25.2 Å². The molecule has 8 bridgehead atoms. The van der Waals surface area contributed by atoms with Gasteiger partial charge in [-0.2, -0.15) is 0 Å². The Balaban J connectivity index is 1.74. The molecule has 0 atom stereocenters. The Morgan fingerprint density at radius 2 is 0.735 bits per heavy atom. The van der Waals surface area contributed by atoms with Gasteiger partial charge in [0.25, 0.3) is 0 Å². The lowest BCUT2D eigenvalue weighted by atomic mass is 9.91. The van der Waals surface area contributed by atoms with Gasteiger partial charge >= 0.3 is 0 Å². The molecule has 0 heterocycles. The van der Waals surface area contributed by atoms with Gasteiger partial charge in [0.1, 0.15) is 29.3 Å². The predicted octanol–water partition coefficient (Wildman–Crippen LogP) is 5.00. The van der Waals surface area contributed by atoms with Crippen LogP contribution >= 0.6 is 0 Å². The Morgan fingerprint density at radius 3 is 1.03 bits per heavy atom. The summed E-state index contributed by atoms with van der Waals surface area (Å²) < 4.78 is 0. The molecule has 0 fully saturated rings. The summed E-state index contributed by atoms with van der Waals surface area (Å²) in [4.78, 5) is 11.6. The molecule has 0 unspecified atom stereocenters. The molecule has 5 rings (SSSR count). The summed E-state index contributed by atoms with van der Waals surface area (Å²) in [5.41, 5.74) is 5.28. The fourth-order valence-corrected chi connectivity index (χ4v) is 4.73. The Morgan fingerprint density at radius 1 is 0.471 bits per heavy atom. The predicted molar refractivity (Wildman–Crippen MR) is 129 cm³/mol. The summed E-state index contributed by atoms with van der Waals surface area (Å²) in [6.07, 6.45) is 1.80. The summed E-state index contributed by atoms with van der Waals surface area (Å²) in [6, 6.07) is 19.6. The third-order valence-electron chi connectivity index (χ3n) is 6.56. The fraction of sp³-hybridized carbons (Fsp3) is 0.138. The number of hydrogen-bond donors (Lipinski definition) is 4. The number of aldehydes is 1. The number of hydrogen-bond acceptors (Lipinski definition) is 5. The number of carbonyl (C=O) groups is 1. The van der Waals surface area contributed by atoms with Gasteiger partial charge in [-0.15, -0.1) is 0 Å². The molecule has 4 aromatic carbocycles. The highest BCUT2D eigenvalue weighted by Crippen LogP contribution is 2.37. The van der Waals surface area contributed by atoms with E-state index in [4.69, 9.17) is 0 Å². The van der Waals surface area contributed by atoms with Crippen LogP contribution in [0, 0.1) is 0 Å². The van der Waals surface area contributed by atoms with Crippen molar-refractivity contribution in [3.63, 3.8) is 0 Å². The van der Waals surface area contributed by atoms with Crippen LogP contribution in [0.3, 0.4) is 0 Å². The normalized spacial score (nSPS) is 12.8. The maximum atomic E-state index is 11.6. The van der Waals surface area contributed by atoms with Crippen molar-refractivity contribution in [2.45, 2.75) is 25.7 Å². The number of carbonyl (C=O) groups excluding carboxylic acids is 1. The van der Waals surface area contributed by atoms with Crippen molar-refractivity contribution in [2.24, 2.45) is 0 Å². The quantitative estimate of drug-likeness (QED) is 0.268. The second kappa shape index (κ2) is 8.60. The molecular weight excluding hydrogens is 428 g/mol. The van der Waals surface area contributed by atoms with Crippen molar-refractivity contribution in [1.29, 1.82) is 0 Å². The van der Waals surface area contributed by atoms with E-state index in [0.29, 0.717) is 62.9 Å². The summed E-state index contributed by atoms with van der Waals surface area (Å²) >= 11 is 0. The van der Waals surface area contributed by atoms with Gasteiger partial charge in [-0.3, -0.25) is 4.79 Å². The molecule has 0 saturated heterocycles. The van der Waals surface area contributed by atoms with E-state index in [1.165, 1.54) is 0 Å². The number of phenolic OH excluding ortho intramolecular Hbond substituents is 4. The first-order valence-corrected chi connectivity index (χ1v) is 11.1. The minimum absolute atomic E-state index is 0.0372. The largest absolute Gasteiger partial charge is 0.507 e. The molecule has 0 aromatic heterocycles. The Bertz CT molecular complexity index is 1320. The van der Waals surface area contributed by atoms with Crippen molar-refractivity contribution in [3.8, 4) is 23.0 Å². The van der Waals surface area contributed by atoms with Crippen LogP contribution in [0.15, 0.2) is 66.7 Å². The van der Waals surface area contributed by atoms with Gasteiger partial charge in [0.15, 0.2) is 0 Å². The first kappa shape index (κ1) is 21.6. The van der Waals surface area contributed by atoms with Crippen LogP contribution in [0.4, 0.5) is 0 Å². The zero-order chi connectivity index (χ0) is 23.8. The maximum Gasteiger partial charge on any atom is 0.150 e. The van der Waals surface area contributed by atoms with Crippen LogP contribution in [-0.2, 0) is 25.7 Å². The van der Waals surface area contributed by atoms with Gasteiger partial charge in [0.05, 0.1) is 0 Å². The average molecular weight is 453 g/mol. The van der Waals surface area contributed by atoms with Crippen molar-refractivity contribution in [3.05, 3.63) is 117 Å². The molecule has 0 spiro atoms. The number of aromatic hydroxyl groups is 4. The lowest BCUT2D eigenvalue weighted by molar-refractivity contribution is 0.112. The minimum atomic E-state index is 0.0372. The van der Waals surface area contributed by atoms with Gasteiger partial charge in [-0.1, -0.05) is 54.6 Å². The molecule has 5 heteroatoms. The van der Waals surface area contributed by atoms with E-state index in [0.717, 1.165) is 6.29 Å². The molecule has 0 aliphatic heterocycles. The highest BCUT2D eigenvalue weighted by Gasteiger charge is 2.19. The van der Waals surface area contributed by atoms with Gasteiger partial charge in [0, 0.05) is 31.2 Å². The molecule has 5 nitrogen and oxygen atoms in total. The highest BCUT2D eigenvalue weighted by atomic mass is 16.3. The first-order chi connectivity index (χ1) is 16.4. The summed E-state index contributed by atoms with van der Waals surface area (Å²) in [5.74, 6) is 0.372. The zero-order valence-electron chi connectivity index (χ0n) is 18.5. The van der Waals surface area contributed by atoms with Crippen molar-refractivity contribution >= 4 is 6.29 Å². The molecule has 4 aromatic rings. The Kier molecular flexibility index (Phi) is 5.46. The van der Waals surface area contributed by atoms with Crippen molar-refractivity contribution in [2.75, 3.05) is 0 Å². The first-order valence-electron chi connectivity index (χ1n) is 11.1. The van der Waals surface area contributed by atoms with Crippen LogP contribution in [0.5, 0.6) is 23.0 Å². The number of para-hydroxylation sites is 3. The topological polar surface area (TPSA) is 98.0 Å². The molecule has 0 saturated carbocycles. The minimum Gasteiger partial charge on any atom is -0.507 e. The summed E-state index contributed by atoms with van der Waals surface area (Å²) in [5, 5.41) is 44.0. The molecule has 0 amide bonds. The van der Waals surface area contributed by atoms with Crippen molar-refractivity contribution in [1.82, 2.24) is 0 Å². The van der Waals surface area contributed by atoms with Crippen LogP contribution in [0.1, 0.15) is 54.9 Å². The van der Waals surface area contributed by atoms with Gasteiger partial charge in [-0.05, 0) is 56.6 Å². The second-order valence-electron chi connectivity index (χ2n) is 8.79. The lowest BCUT2D eigenvalue weighted by Gasteiger charge is -2.17. The molecule has 0 radical (unpaired) electrons. The third kappa shape index (κ3) is 3.86. The standard InChI is InChI=1S/C29H24O5/c30-16-17-10-24-14-22-8-2-6-20(27(22)32)12-18-4-1-5-19(26(18)31)13-21-7-3-9-23(28(21)33)15-25(11-17)29(24)34/h1-11,16,31-34H,12-15H2. The van der Waals surface area contributed by atoms with Gasteiger partial charge in [0.2, 0.25) is 0 Å². The average Bonchev–Trinajstić information content (AvgIpc) is 2.83. The van der Waals surface area contributed by atoms with E-state index in [-0.39, 0.29) is 35.8 Å². The summed E-state index contributed by atoms with van der Waals surface area (Å²) in [6.45, 7) is 0. The monoisotopic (exact) mass is 452 g/mol. The Hall–Kier alpha value is -4.25. The van der Waals surface area contributed by atoms with E-state index >= 15 is 0 Å². The van der Waals surface area contributed by atoms with Crippen LogP contribution in [-0.4, -0.2) is 26.7 Å². The zero-order valence-corrected chi connectivity index (χ0v) is 18.5. The molecule has 34 heavy (non-hydrogen) atoms. The van der Waals surface area contributed by atoms with Crippen LogP contribution < -0.4 is 0 Å². The van der Waals surface area contributed by atoms with E-state index in [2.05, 4.69) is 0 Å². The fourth-order valence-electron chi connectivity index (χ4n) is 4.73. The molecule has 1 aliphatic rings. The second-order valence-corrected chi connectivity index (χ2v) is 8.79. The van der Waals surface area contributed by atoms with E-state index in [1.807, 2.05) is 30.3 Å².